The molecule has 0 fully saturated rings. The number of esters is 1. The highest BCUT2D eigenvalue weighted by Gasteiger charge is 2.10. The van der Waals surface area contributed by atoms with Gasteiger partial charge in [0.1, 0.15) is 6.33 Å². The van der Waals surface area contributed by atoms with Crippen LogP contribution >= 0.6 is 39.0 Å². The fraction of sp³-hybridized carbons (Fsp3) is 0.154. The lowest BCUT2D eigenvalue weighted by molar-refractivity contribution is 0.0593. The van der Waals surface area contributed by atoms with Crippen LogP contribution in [0.5, 0.6) is 0 Å². The van der Waals surface area contributed by atoms with E-state index in [1.54, 1.807) is 39.2 Å². The molecule has 0 aromatic carbocycles. The van der Waals surface area contributed by atoms with E-state index in [9.17, 15) is 4.79 Å². The highest BCUT2D eigenvalue weighted by Crippen LogP contribution is 2.19. The van der Waals surface area contributed by atoms with E-state index in [1.807, 2.05) is 11.4 Å². The van der Waals surface area contributed by atoms with Crippen LogP contribution in [0.2, 0.25) is 0 Å². The van der Waals surface area contributed by atoms with Crippen LogP contribution in [0.4, 0.5) is 0 Å². The minimum absolute atomic E-state index is 0.265. The number of hydrogen-bond acceptors (Lipinski definition) is 8. The number of thiophene rings is 1. The van der Waals surface area contributed by atoms with Crippen molar-refractivity contribution in [1.82, 2.24) is 24.7 Å². The molecule has 3 heterocycles. The normalized spacial score (nSPS) is 11.2. The highest BCUT2D eigenvalue weighted by molar-refractivity contribution is 9.10. The van der Waals surface area contributed by atoms with Crippen molar-refractivity contribution < 1.29 is 9.53 Å². The van der Waals surface area contributed by atoms with Gasteiger partial charge in [-0.1, -0.05) is 11.8 Å². The topological polar surface area (TPSA) is 87.2 Å². The number of thioether (sulfide) groups is 1. The molecule has 11 heteroatoms. The van der Waals surface area contributed by atoms with Crippen LogP contribution in [-0.2, 0) is 10.6 Å². The van der Waals surface area contributed by atoms with E-state index in [1.165, 1.54) is 25.2 Å². The van der Waals surface area contributed by atoms with Crippen molar-refractivity contribution in [3.05, 3.63) is 45.1 Å². The van der Waals surface area contributed by atoms with E-state index in [0.29, 0.717) is 11.0 Å². The van der Waals surface area contributed by atoms with Crippen LogP contribution in [-0.4, -0.2) is 43.9 Å². The third kappa shape index (κ3) is 4.10. The van der Waals surface area contributed by atoms with Gasteiger partial charge in [0.25, 0.3) is 0 Å². The number of nitrogens with zero attached hydrogens (tertiary/aromatic N) is 6. The van der Waals surface area contributed by atoms with Crippen LogP contribution in [0.25, 0.3) is 0 Å². The molecule has 0 bridgehead atoms. The third-order valence-corrected chi connectivity index (χ3v) is 5.31. The minimum atomic E-state index is -0.464. The molecule has 0 saturated carbocycles. The van der Waals surface area contributed by atoms with Crippen LogP contribution in [0.1, 0.15) is 15.4 Å². The molecule has 0 atom stereocenters. The molecule has 0 radical (unpaired) electrons. The van der Waals surface area contributed by atoms with Crippen molar-refractivity contribution in [3.63, 3.8) is 0 Å². The molecular weight excluding hydrogens is 416 g/mol. The second-order valence-electron chi connectivity index (χ2n) is 4.38. The van der Waals surface area contributed by atoms with Crippen molar-refractivity contribution in [1.29, 1.82) is 0 Å². The summed E-state index contributed by atoms with van der Waals surface area (Å²) in [7, 11) is 1.32. The number of methoxy groups -OCH3 is 1. The number of carbonyl (C=O) groups excluding carboxylic acids is 1. The molecule has 8 nitrogen and oxygen atoms in total. The molecule has 0 N–H and O–H groups in total. The molecule has 0 aliphatic heterocycles. The predicted molar refractivity (Wildman–Crippen MR) is 94.5 cm³/mol. The van der Waals surface area contributed by atoms with Gasteiger partial charge >= 0.3 is 5.97 Å². The fourth-order valence-electron chi connectivity index (χ4n) is 1.68. The lowest BCUT2D eigenvalue weighted by Crippen LogP contribution is -2.04. The van der Waals surface area contributed by atoms with Gasteiger partial charge < -0.3 is 4.74 Å². The lowest BCUT2D eigenvalue weighted by Gasteiger charge is -2.01. The van der Waals surface area contributed by atoms with E-state index in [4.69, 9.17) is 0 Å². The molecule has 0 amide bonds. The highest BCUT2D eigenvalue weighted by atomic mass is 79.9. The Kier molecular flexibility index (Phi) is 5.43. The van der Waals surface area contributed by atoms with E-state index < -0.39 is 5.97 Å². The Balaban J connectivity index is 1.64. The number of aromatic nitrogens is 5. The smallest absolute Gasteiger partial charge is 0.358 e. The maximum atomic E-state index is 11.4. The lowest BCUT2D eigenvalue weighted by atomic mass is 10.4. The first-order chi connectivity index (χ1) is 11.7. The standard InChI is InChI=1S/C13H11BrN6O2S2/c1-22-12(21)11-2-3-19(18-11)8-24-13-17-15-7-20(13)16-5-10-4-9(14)6-23-10/h2-7H,8H2,1H3/b16-5+. The molecule has 0 saturated heterocycles. The largest absolute Gasteiger partial charge is 0.464 e. The molecule has 0 spiro atoms. The van der Waals surface area contributed by atoms with Crippen LogP contribution in [0, 0.1) is 0 Å². The van der Waals surface area contributed by atoms with Crippen molar-refractivity contribution in [2.24, 2.45) is 5.10 Å². The molecule has 0 aliphatic carbocycles. The average molecular weight is 427 g/mol. The number of ether oxygens (including phenoxy) is 1. The fourth-order valence-corrected chi connectivity index (χ4v) is 3.70. The molecule has 0 aliphatic rings. The predicted octanol–water partition coefficient (Wildman–Crippen LogP) is 2.72. The zero-order valence-electron chi connectivity index (χ0n) is 12.4. The Morgan fingerprint density at radius 2 is 2.46 bits per heavy atom. The van der Waals surface area contributed by atoms with Crippen LogP contribution in [0.15, 0.2) is 44.8 Å². The summed E-state index contributed by atoms with van der Waals surface area (Å²) in [4.78, 5) is 12.4. The summed E-state index contributed by atoms with van der Waals surface area (Å²) in [6.45, 7) is 0. The Bertz CT molecular complexity index is 871. The number of hydrogen-bond donors (Lipinski definition) is 0. The Morgan fingerprint density at radius 3 is 3.21 bits per heavy atom. The second kappa shape index (κ2) is 7.73. The van der Waals surface area contributed by atoms with Crippen molar-refractivity contribution in [2.75, 3.05) is 7.11 Å². The zero-order valence-corrected chi connectivity index (χ0v) is 15.6. The monoisotopic (exact) mass is 426 g/mol. The summed E-state index contributed by atoms with van der Waals surface area (Å²) < 4.78 is 8.85. The Morgan fingerprint density at radius 1 is 1.58 bits per heavy atom. The molecule has 124 valence electrons. The zero-order chi connectivity index (χ0) is 16.9. The molecule has 3 rings (SSSR count). The van der Waals surface area contributed by atoms with Gasteiger partial charge in [0.15, 0.2) is 5.69 Å². The van der Waals surface area contributed by atoms with Crippen molar-refractivity contribution >= 4 is 51.2 Å². The van der Waals surface area contributed by atoms with Gasteiger partial charge in [0.2, 0.25) is 5.16 Å². The SMILES string of the molecule is COC(=O)c1ccn(CSc2nncn2/N=C/c2cc(Br)cs2)n1. The minimum Gasteiger partial charge on any atom is -0.464 e. The first-order valence-electron chi connectivity index (χ1n) is 6.58. The number of rotatable bonds is 6. The average Bonchev–Trinajstić information content (AvgIpc) is 3.31. The molecule has 24 heavy (non-hydrogen) atoms. The van der Waals surface area contributed by atoms with Crippen LogP contribution < -0.4 is 0 Å². The summed E-state index contributed by atoms with van der Waals surface area (Å²) in [6, 6.07) is 3.58. The van der Waals surface area contributed by atoms with Crippen LogP contribution in [0.3, 0.4) is 0 Å². The Labute approximate surface area is 153 Å². The summed E-state index contributed by atoms with van der Waals surface area (Å²) >= 11 is 6.38. The van der Waals surface area contributed by atoms with Gasteiger partial charge in [-0.3, -0.25) is 4.68 Å². The summed E-state index contributed by atoms with van der Waals surface area (Å²) in [5.41, 5.74) is 0.265. The molecular formula is C13H11BrN6O2S2. The maximum Gasteiger partial charge on any atom is 0.358 e. The van der Waals surface area contributed by atoms with E-state index in [2.05, 4.69) is 41.1 Å². The quantitative estimate of drug-likeness (QED) is 0.342. The number of carbonyl (C=O) groups is 1. The van der Waals surface area contributed by atoms with Gasteiger partial charge in [0.05, 0.1) is 19.2 Å². The summed E-state index contributed by atoms with van der Waals surface area (Å²) in [5.74, 6) is 0.00378. The first kappa shape index (κ1) is 16.9. The molecule has 3 aromatic heterocycles. The van der Waals surface area contributed by atoms with Crippen molar-refractivity contribution in [3.8, 4) is 0 Å². The van der Waals surface area contributed by atoms with Gasteiger partial charge in [-0.15, -0.1) is 21.5 Å². The molecule has 3 aromatic rings. The summed E-state index contributed by atoms with van der Waals surface area (Å²) in [6.07, 6.45) is 4.98. The van der Waals surface area contributed by atoms with Gasteiger partial charge in [0, 0.05) is 20.9 Å². The van der Waals surface area contributed by atoms with E-state index in [0.717, 1.165) is 9.35 Å². The van der Waals surface area contributed by atoms with E-state index in [-0.39, 0.29) is 5.69 Å². The summed E-state index contributed by atoms with van der Waals surface area (Å²) in [5, 5.41) is 19.0. The maximum absolute atomic E-state index is 11.4. The molecule has 0 unspecified atom stereocenters. The second-order valence-corrected chi connectivity index (χ2v) is 7.15. The third-order valence-electron chi connectivity index (χ3n) is 2.76. The Hall–Kier alpha value is -1.98. The van der Waals surface area contributed by atoms with Gasteiger partial charge in [-0.2, -0.15) is 14.9 Å². The van der Waals surface area contributed by atoms with E-state index >= 15 is 0 Å². The van der Waals surface area contributed by atoms with Gasteiger partial charge in [-0.25, -0.2) is 4.79 Å². The number of halogens is 1. The first-order valence-corrected chi connectivity index (χ1v) is 9.24. The van der Waals surface area contributed by atoms with Gasteiger partial charge in [-0.05, 0) is 28.1 Å². The van der Waals surface area contributed by atoms with Crippen molar-refractivity contribution in [2.45, 2.75) is 11.0 Å².